The minimum absolute atomic E-state index is 0.00996. The number of H-pyrrole nitrogens is 1. The molecule has 0 spiro atoms. The van der Waals surface area contributed by atoms with Crippen LogP contribution in [0.2, 0.25) is 0 Å². The molecule has 8 rings (SSSR count). The predicted molar refractivity (Wildman–Crippen MR) is 471 cm³/mol. The number of aromatic nitrogens is 2. The zero-order valence-electron chi connectivity index (χ0n) is 72.5. The molecule has 2 aromatic rings. The summed E-state index contributed by atoms with van der Waals surface area (Å²) in [7, 11) is 1.95. The average molecular weight is 1810 g/mol. The molecule has 5 saturated heterocycles. The molecular weight excluding hydrogens is 1680 g/mol. The Morgan fingerprint density at radius 3 is 2.13 bits per heavy atom. The van der Waals surface area contributed by atoms with Gasteiger partial charge in [0, 0.05) is 156 Å². The molecule has 698 valence electrons. The van der Waals surface area contributed by atoms with Crippen LogP contribution in [0.3, 0.4) is 0 Å². The molecule has 41 nitrogen and oxygen atoms in total. The van der Waals surface area contributed by atoms with Crippen molar-refractivity contribution >= 4 is 128 Å². The molecule has 6 fully saturated rings. The van der Waals surface area contributed by atoms with E-state index in [9.17, 15) is 63.0 Å². The van der Waals surface area contributed by atoms with Crippen molar-refractivity contribution in [3.05, 3.63) is 64.6 Å². The zero-order valence-corrected chi connectivity index (χ0v) is 74.1. The highest BCUT2D eigenvalue weighted by Gasteiger charge is 2.45. The van der Waals surface area contributed by atoms with E-state index in [-0.39, 0.29) is 215 Å². The molecule has 1 saturated carbocycles. The van der Waals surface area contributed by atoms with Gasteiger partial charge < -0.3 is 95.4 Å². The number of nitrogens with one attached hydrogen (secondary N) is 9. The summed E-state index contributed by atoms with van der Waals surface area (Å²) in [5.41, 5.74) is 32.1. The number of Topliss-reactive ketones (excluding diaryl/α,β-unsaturated/α-hetero) is 4. The Labute approximate surface area is 746 Å². The normalized spacial score (nSPS) is 23.4. The van der Waals surface area contributed by atoms with Gasteiger partial charge in [-0.05, 0) is 126 Å². The van der Waals surface area contributed by atoms with Crippen molar-refractivity contribution in [2.75, 3.05) is 90.1 Å². The molecule has 1 aromatic carbocycles. The fraction of sp³-hybridized carbons (Fsp3) is 0.679. The zero-order chi connectivity index (χ0) is 92.1. The molecule has 127 heavy (non-hydrogen) atoms. The van der Waals surface area contributed by atoms with Gasteiger partial charge in [-0.25, -0.2) is 9.78 Å². The number of azide groups is 1. The fourth-order valence-electron chi connectivity index (χ4n) is 17.2. The minimum Gasteiger partial charge on any atom is -0.480 e. The number of aliphatic carboxylic acids is 1. The number of piperazine rings is 1. The summed E-state index contributed by atoms with van der Waals surface area (Å²) in [4.78, 5) is 256. The van der Waals surface area contributed by atoms with Gasteiger partial charge in [0.1, 0.15) is 36.0 Å². The third-order valence-electron chi connectivity index (χ3n) is 24.0. The highest BCUT2D eigenvalue weighted by Crippen LogP contribution is 2.34. The lowest BCUT2D eigenvalue weighted by atomic mass is 9.78. The highest BCUT2D eigenvalue weighted by molar-refractivity contribution is 8.76. The fourth-order valence-corrected chi connectivity index (χ4v) is 19.5. The molecule has 6 heterocycles. The molecule has 14 atom stereocenters. The third kappa shape index (κ3) is 32.8. The van der Waals surface area contributed by atoms with Crippen LogP contribution in [0.4, 0.5) is 0 Å². The van der Waals surface area contributed by atoms with Gasteiger partial charge in [0.15, 0.2) is 29.3 Å². The topological polar surface area (TPSA) is 629 Å². The number of hydrogen-bond acceptors (Lipinski definition) is 24. The number of ketones is 4. The first kappa shape index (κ1) is 102. The van der Waals surface area contributed by atoms with Gasteiger partial charge in [-0.1, -0.05) is 83.7 Å². The van der Waals surface area contributed by atoms with Crippen molar-refractivity contribution in [2.45, 2.75) is 235 Å². The number of benzene rings is 1. The van der Waals surface area contributed by atoms with Crippen LogP contribution in [0.15, 0.2) is 58.0 Å². The van der Waals surface area contributed by atoms with Crippen molar-refractivity contribution in [3.8, 4) is 0 Å². The summed E-state index contributed by atoms with van der Waals surface area (Å²) in [5.74, 6) is -17.8. The monoisotopic (exact) mass is 1810 g/mol. The van der Waals surface area contributed by atoms with Gasteiger partial charge in [0.2, 0.25) is 65.0 Å². The van der Waals surface area contributed by atoms with E-state index < -0.39 is 180 Å². The second-order valence-electron chi connectivity index (χ2n) is 33.9. The van der Waals surface area contributed by atoms with Gasteiger partial charge in [-0.15, -0.1) is 0 Å². The Morgan fingerprint density at radius 2 is 1.45 bits per heavy atom. The maximum absolute atomic E-state index is 16.5. The third-order valence-corrected chi connectivity index (χ3v) is 26.4. The lowest BCUT2D eigenvalue weighted by molar-refractivity contribution is -0.142. The summed E-state index contributed by atoms with van der Waals surface area (Å²) in [6.45, 7) is 4.14. The smallest absolute Gasteiger partial charge is 0.326 e. The van der Waals surface area contributed by atoms with Crippen molar-refractivity contribution in [3.63, 3.8) is 0 Å². The first-order chi connectivity index (χ1) is 60.9. The van der Waals surface area contributed by atoms with Gasteiger partial charge in [0.25, 0.3) is 0 Å². The Bertz CT molecular complexity index is 4230. The van der Waals surface area contributed by atoms with Crippen LogP contribution in [0, 0.1) is 35.5 Å². The molecule has 43 heteroatoms. The largest absolute Gasteiger partial charge is 0.480 e. The number of rotatable bonds is 41. The number of carboxylic acids is 1. The Balaban J connectivity index is 1.10. The summed E-state index contributed by atoms with van der Waals surface area (Å²) >= 11 is 0. The van der Waals surface area contributed by atoms with Crippen LogP contribution in [-0.2, 0) is 89.6 Å². The van der Waals surface area contributed by atoms with Crippen LogP contribution >= 0.6 is 21.6 Å². The Morgan fingerprint density at radius 1 is 0.732 bits per heavy atom. The maximum atomic E-state index is 16.5. The van der Waals surface area contributed by atoms with Crippen LogP contribution < -0.4 is 65.5 Å². The highest BCUT2D eigenvalue weighted by atomic mass is 33.1. The van der Waals surface area contributed by atoms with Gasteiger partial charge in [-0.3, -0.25) is 86.8 Å². The molecule has 1 aliphatic carbocycles. The number of aliphatic hydroxyl groups is 1. The Kier molecular flexibility index (Phi) is 42.0. The number of unbranched alkanes of at least 4 members (excludes halogenated alkanes) is 3. The number of nitrogens with two attached hydrogens (primary N) is 4. The number of hydrogen-bond donors (Lipinski definition) is 15. The number of aliphatic hydroxyl groups excluding tert-OH is 1. The predicted octanol–water partition coefficient (Wildman–Crippen LogP) is 0.00250. The molecule has 19 N–H and O–H groups in total. The van der Waals surface area contributed by atoms with Crippen molar-refractivity contribution < 1.29 is 86.9 Å². The Hall–Kier alpha value is -10.8. The summed E-state index contributed by atoms with van der Waals surface area (Å²) < 4.78 is 0. The summed E-state index contributed by atoms with van der Waals surface area (Å²) in [6, 6.07) is -2.69. The molecule has 2 bridgehead atoms. The minimum atomic E-state index is -1.56. The lowest BCUT2D eigenvalue weighted by Crippen LogP contribution is -2.58. The molecule has 0 radical (unpaired) electrons. The van der Waals surface area contributed by atoms with E-state index in [4.69, 9.17) is 28.5 Å². The van der Waals surface area contributed by atoms with Crippen molar-refractivity contribution in [1.29, 1.82) is 0 Å². The van der Waals surface area contributed by atoms with E-state index >= 15 is 24.0 Å². The van der Waals surface area contributed by atoms with E-state index in [1.807, 2.05) is 13.8 Å². The number of carbonyl (C=O) groups is 16. The number of fused-ring (bicyclic) bond motifs is 5. The number of carbonyl (C=O) groups excluding carboxylic acids is 15. The number of likely N-dealkylation sites (tertiary alicyclic amines) is 1. The van der Waals surface area contributed by atoms with E-state index in [2.05, 4.69) is 72.5 Å². The number of guanidine groups is 2. The number of aliphatic imine (C=N–C) groups is 2. The molecule has 2 unspecified atom stereocenters. The molecule has 5 aliphatic heterocycles. The number of carboxylic acid groups (broad SMARTS) is 1. The summed E-state index contributed by atoms with van der Waals surface area (Å²) in [5, 5.41) is 46.9. The van der Waals surface area contributed by atoms with Crippen LogP contribution in [0.5, 0.6) is 0 Å². The number of nitrogens with zero attached hydrogens (tertiary/aromatic N) is 10. The number of amides is 11. The van der Waals surface area contributed by atoms with Crippen LogP contribution in [-0.4, -0.2) is 290 Å². The van der Waals surface area contributed by atoms with Gasteiger partial charge in [0.05, 0.1) is 56.1 Å². The first-order valence-corrected chi connectivity index (χ1v) is 46.7. The second-order valence-corrected chi connectivity index (χ2v) is 36.5. The molecular formula is C84H127N23O18S2. The first-order valence-electron chi connectivity index (χ1n) is 44.2. The standard InChI is InChI=1S/C84H127N23O18S2/c1-50(2)36-54(40-68(110)60(21-12-29-92-83(85)86)97-80(122)67-24-15-33-107(67)81(123)62(22-13-30-93-84(87)88)99-75(117)53-26-27-57(109)38-53)76(118)101-64-47-126-127-48-65(79(121)100-63(82(124)125)37-51-16-5-3-6-17-51)102-74(116)52-18-11-19-58(73(64)115)59(41-55-42-90-49-95-55)77(119)98-61(78(120)94-43-72(114)106-32-14-23-66(106)69(111)39-52)20-8-10-28-91-70(112)45-104-34-35-105(44-56(104)46-108)71(113)25-7-4-9-31-96-103-89/h3,5-6,16-17,42,49-50,52-54,56,58-67,108H,4,7-15,18-41,43-48H2,1-2H3,(H,90,95)(H,91,112)(H,94,120)(H,97,122)(H,98,119)(H,99,117)(H,100,121)(H,101,118)(H,102,116)(H,124,125)(H4,85,86,92)(H4,87,88,93)/t52-,53-,54-,56?,58?,59-,60+,61+,62+,63+,64+,65+,66+,67+/m1/s1. The molecule has 6 aliphatic rings. The van der Waals surface area contributed by atoms with Crippen molar-refractivity contribution in [2.24, 2.45) is 73.5 Å². The van der Waals surface area contributed by atoms with E-state index in [0.717, 1.165) is 21.6 Å². The van der Waals surface area contributed by atoms with E-state index in [0.29, 0.717) is 69.4 Å². The maximum Gasteiger partial charge on any atom is 0.326 e. The van der Waals surface area contributed by atoms with Crippen LogP contribution in [0.25, 0.3) is 10.4 Å². The number of imidazole rings is 1. The summed E-state index contributed by atoms with van der Waals surface area (Å²) in [6.07, 6.45) is 5.41. The van der Waals surface area contributed by atoms with E-state index in [1.165, 1.54) is 22.3 Å². The number of aromatic amines is 1. The molecule has 1 aromatic heterocycles. The quantitative estimate of drug-likeness (QED) is 0.00792. The molecule has 11 amide bonds. The van der Waals surface area contributed by atoms with Gasteiger partial charge >= 0.3 is 5.97 Å². The van der Waals surface area contributed by atoms with Crippen LogP contribution in [0.1, 0.15) is 179 Å². The average Bonchev–Trinajstić information content (AvgIpc) is 1.81. The van der Waals surface area contributed by atoms with E-state index in [1.54, 1.807) is 40.1 Å². The second kappa shape index (κ2) is 52.5. The van der Waals surface area contributed by atoms with Crippen molar-refractivity contribution in [1.82, 2.24) is 72.1 Å². The van der Waals surface area contributed by atoms with Gasteiger partial charge in [-0.2, -0.15) is 0 Å². The lowest BCUT2D eigenvalue weighted by Gasteiger charge is -2.40. The SMILES string of the molecule is CC(C)C[C@H](CC(=O)[C@H](CCCN=C(N)N)NC(=O)[C@@H]1CCCN1C(=O)[C@H](CCCN=C(N)N)NC(=O)[C@@H]1CCC(=O)C1)C(=O)N[C@H]1CSSC[C@@H](C(=O)N[C@@H](Cc2ccccc2)C(=O)O)NC(=O)[C@@H]2CCCC(C1=O)[C@@H](Cc1cnc[nH]1)C(=O)N[C@@H](CCCCNC(=O)CN1CCN(C(=O)CCCCCN=[N+]=[N-])CC1CO)C(=O)NCC(=O)N1CCC[C@H]1C(=O)C2.